The Bertz CT molecular complexity index is 382. The number of hydrogen-bond acceptors (Lipinski definition) is 3. The molecule has 0 aliphatic heterocycles. The van der Waals surface area contributed by atoms with Gasteiger partial charge in [-0.25, -0.2) is 0 Å². The molecule has 0 saturated heterocycles. The molecule has 1 rings (SSSR count). The highest BCUT2D eigenvalue weighted by Crippen LogP contribution is 2.24. The Hall–Kier alpha value is -1.66. The number of nitrogens with two attached hydrogens (primary N) is 1. The van der Waals surface area contributed by atoms with E-state index in [0.29, 0.717) is 10.8 Å². The molecule has 14 heavy (non-hydrogen) atoms. The zero-order valence-electron chi connectivity index (χ0n) is 7.40. The molecule has 0 aliphatic carbocycles. The first kappa shape index (κ1) is 10.4. The van der Waals surface area contributed by atoms with E-state index >= 15 is 0 Å². The molecule has 2 N–H and O–H groups in total. The maximum Gasteiger partial charge on any atom is 0.148 e. The van der Waals surface area contributed by atoms with Crippen LogP contribution >= 0.6 is 11.6 Å². The van der Waals surface area contributed by atoms with Gasteiger partial charge in [0.25, 0.3) is 0 Å². The number of rotatable bonds is 3. The fourth-order valence-corrected chi connectivity index (χ4v) is 1.16. The lowest BCUT2D eigenvalue weighted by Gasteiger charge is -2.04. The first-order chi connectivity index (χ1) is 6.77. The molecular formula is C10H9ClN2O. The van der Waals surface area contributed by atoms with E-state index in [0.717, 1.165) is 5.56 Å². The predicted octanol–water partition coefficient (Wildman–Crippen LogP) is 1.64. The number of ether oxygens (including phenoxy) is 1. The van der Waals surface area contributed by atoms with Crippen molar-refractivity contribution in [2.45, 2.75) is 0 Å². The van der Waals surface area contributed by atoms with Gasteiger partial charge in [0.15, 0.2) is 0 Å². The number of hydrogen-bond donors (Lipinski definition) is 1. The molecule has 0 saturated carbocycles. The summed E-state index contributed by atoms with van der Waals surface area (Å²) in [6.45, 7) is 0.198. The summed E-state index contributed by atoms with van der Waals surface area (Å²) < 4.78 is 5.18. The third-order valence-corrected chi connectivity index (χ3v) is 1.79. The van der Waals surface area contributed by atoms with Gasteiger partial charge in [0.2, 0.25) is 0 Å². The van der Waals surface area contributed by atoms with Crippen molar-refractivity contribution in [3.8, 4) is 18.1 Å². The fraction of sp³-hybridized carbons (Fsp3) is 0.100. The van der Waals surface area contributed by atoms with Gasteiger partial charge >= 0.3 is 0 Å². The highest BCUT2D eigenvalue weighted by atomic mass is 35.5. The Morgan fingerprint density at radius 1 is 1.64 bits per heavy atom. The Morgan fingerprint density at radius 2 is 2.43 bits per heavy atom. The molecule has 1 aromatic carbocycles. The van der Waals surface area contributed by atoms with Crippen LogP contribution in [0.4, 0.5) is 0 Å². The molecule has 0 bridgehead atoms. The Morgan fingerprint density at radius 3 is 3.00 bits per heavy atom. The van der Waals surface area contributed by atoms with E-state index in [1.165, 1.54) is 6.21 Å². The van der Waals surface area contributed by atoms with Crippen LogP contribution in [-0.4, -0.2) is 12.8 Å². The van der Waals surface area contributed by atoms with Crippen LogP contribution in [0, 0.1) is 12.3 Å². The number of halogens is 1. The SMILES string of the molecule is C#CCOc1ccc(C=NN)cc1Cl. The molecular weight excluding hydrogens is 200 g/mol. The van der Waals surface area contributed by atoms with Crippen molar-refractivity contribution < 1.29 is 4.74 Å². The molecule has 0 spiro atoms. The topological polar surface area (TPSA) is 47.6 Å². The van der Waals surface area contributed by atoms with Gasteiger partial charge in [-0.1, -0.05) is 17.5 Å². The maximum atomic E-state index is 5.90. The third kappa shape index (κ3) is 2.68. The quantitative estimate of drug-likeness (QED) is 0.355. The second-order valence-corrected chi connectivity index (χ2v) is 2.87. The summed E-state index contributed by atoms with van der Waals surface area (Å²) in [6, 6.07) is 5.20. The first-order valence-electron chi connectivity index (χ1n) is 3.87. The van der Waals surface area contributed by atoms with Crippen molar-refractivity contribution in [1.82, 2.24) is 0 Å². The second kappa shape index (κ2) is 5.15. The fourth-order valence-electron chi connectivity index (χ4n) is 0.920. The van der Waals surface area contributed by atoms with E-state index in [4.69, 9.17) is 28.6 Å². The lowest BCUT2D eigenvalue weighted by atomic mass is 10.2. The predicted molar refractivity (Wildman–Crippen MR) is 57.6 cm³/mol. The summed E-state index contributed by atoms with van der Waals surface area (Å²) in [7, 11) is 0. The Labute approximate surface area is 87.5 Å². The molecule has 0 aromatic heterocycles. The number of benzene rings is 1. The lowest BCUT2D eigenvalue weighted by Crippen LogP contribution is -1.95. The van der Waals surface area contributed by atoms with Gasteiger partial charge in [0.1, 0.15) is 12.4 Å². The van der Waals surface area contributed by atoms with Gasteiger partial charge in [0, 0.05) is 0 Å². The molecule has 4 heteroatoms. The van der Waals surface area contributed by atoms with Crippen LogP contribution in [0.2, 0.25) is 5.02 Å². The minimum Gasteiger partial charge on any atom is -0.479 e. The highest BCUT2D eigenvalue weighted by Gasteiger charge is 2.00. The van der Waals surface area contributed by atoms with Crippen LogP contribution in [0.15, 0.2) is 23.3 Å². The smallest absolute Gasteiger partial charge is 0.148 e. The van der Waals surface area contributed by atoms with Crippen LogP contribution in [0.3, 0.4) is 0 Å². The highest BCUT2D eigenvalue weighted by molar-refractivity contribution is 6.32. The lowest BCUT2D eigenvalue weighted by molar-refractivity contribution is 0.370. The number of terminal acetylenes is 1. The van der Waals surface area contributed by atoms with Crippen molar-refractivity contribution in [3.63, 3.8) is 0 Å². The summed E-state index contributed by atoms with van der Waals surface area (Å²) >= 11 is 5.90. The summed E-state index contributed by atoms with van der Waals surface area (Å²) in [4.78, 5) is 0. The molecule has 1 aromatic rings. The average molecular weight is 209 g/mol. The Balaban J connectivity index is 2.85. The van der Waals surface area contributed by atoms with Gasteiger partial charge in [-0.3, -0.25) is 0 Å². The zero-order chi connectivity index (χ0) is 10.4. The molecule has 0 fully saturated rings. The molecule has 3 nitrogen and oxygen atoms in total. The van der Waals surface area contributed by atoms with Gasteiger partial charge in [-0.15, -0.1) is 6.42 Å². The minimum absolute atomic E-state index is 0.198. The number of nitrogens with zero attached hydrogens (tertiary/aromatic N) is 1. The summed E-state index contributed by atoms with van der Waals surface area (Å²) in [5.74, 6) is 7.91. The van der Waals surface area contributed by atoms with E-state index in [1.807, 2.05) is 0 Å². The summed E-state index contributed by atoms with van der Waals surface area (Å²) in [5.41, 5.74) is 0.811. The minimum atomic E-state index is 0.198. The van der Waals surface area contributed by atoms with Crippen LogP contribution < -0.4 is 10.6 Å². The van der Waals surface area contributed by atoms with Crippen LogP contribution in [0.1, 0.15) is 5.56 Å². The molecule has 0 heterocycles. The molecule has 0 unspecified atom stereocenters. The van der Waals surface area contributed by atoms with Crippen molar-refractivity contribution in [2.24, 2.45) is 10.9 Å². The molecule has 0 atom stereocenters. The summed E-state index contributed by atoms with van der Waals surface area (Å²) in [5, 5.41) is 3.87. The van der Waals surface area contributed by atoms with E-state index in [-0.39, 0.29) is 6.61 Å². The van der Waals surface area contributed by atoms with Gasteiger partial charge in [-0.05, 0) is 23.8 Å². The van der Waals surface area contributed by atoms with E-state index in [1.54, 1.807) is 18.2 Å². The largest absolute Gasteiger partial charge is 0.479 e. The molecule has 0 amide bonds. The Kier molecular flexibility index (Phi) is 3.84. The van der Waals surface area contributed by atoms with E-state index < -0.39 is 0 Å². The van der Waals surface area contributed by atoms with Gasteiger partial charge < -0.3 is 10.6 Å². The number of hydrazone groups is 1. The molecule has 72 valence electrons. The first-order valence-corrected chi connectivity index (χ1v) is 4.25. The average Bonchev–Trinajstić information content (AvgIpc) is 2.17. The monoisotopic (exact) mass is 208 g/mol. The van der Waals surface area contributed by atoms with E-state index in [2.05, 4.69) is 11.0 Å². The van der Waals surface area contributed by atoms with Crippen molar-refractivity contribution in [3.05, 3.63) is 28.8 Å². The second-order valence-electron chi connectivity index (χ2n) is 2.46. The van der Waals surface area contributed by atoms with Crippen LogP contribution in [0.25, 0.3) is 0 Å². The van der Waals surface area contributed by atoms with Crippen molar-refractivity contribution in [1.29, 1.82) is 0 Å². The third-order valence-electron chi connectivity index (χ3n) is 1.49. The van der Waals surface area contributed by atoms with Gasteiger partial charge in [-0.2, -0.15) is 5.10 Å². The van der Waals surface area contributed by atoms with E-state index in [9.17, 15) is 0 Å². The van der Waals surface area contributed by atoms with Crippen LogP contribution in [-0.2, 0) is 0 Å². The standard InChI is InChI=1S/C10H9ClN2O/c1-2-5-14-10-4-3-8(7-13-12)6-9(10)11/h1,3-4,6-7H,5,12H2. The van der Waals surface area contributed by atoms with Crippen LogP contribution in [0.5, 0.6) is 5.75 Å². The summed E-state index contributed by atoms with van der Waals surface area (Å²) in [6.07, 6.45) is 6.55. The van der Waals surface area contributed by atoms with Crippen molar-refractivity contribution in [2.75, 3.05) is 6.61 Å². The van der Waals surface area contributed by atoms with Crippen molar-refractivity contribution >= 4 is 17.8 Å². The maximum absolute atomic E-state index is 5.90. The zero-order valence-corrected chi connectivity index (χ0v) is 8.16. The normalized spacial score (nSPS) is 10.0. The molecule has 0 aliphatic rings. The molecule has 0 radical (unpaired) electrons. The van der Waals surface area contributed by atoms with Gasteiger partial charge in [0.05, 0.1) is 11.2 Å².